The fourth-order valence-corrected chi connectivity index (χ4v) is 1.45. The van der Waals surface area contributed by atoms with Gasteiger partial charge in [0.1, 0.15) is 0 Å². The van der Waals surface area contributed by atoms with E-state index >= 15 is 0 Å². The Bertz CT molecular complexity index is 420. The fraction of sp³-hybridized carbons (Fsp3) is 0.444. The molecule has 1 aromatic rings. The smallest absolute Gasteiger partial charge is 0.423 e. The van der Waals surface area contributed by atoms with E-state index in [4.69, 9.17) is 10.0 Å². The van der Waals surface area contributed by atoms with E-state index in [-0.39, 0.29) is 11.0 Å². The minimum Gasteiger partial charge on any atom is -0.423 e. The molecule has 0 radical (unpaired) electrons. The zero-order valence-corrected chi connectivity index (χ0v) is 9.15. The van der Waals surface area contributed by atoms with Gasteiger partial charge < -0.3 is 15.2 Å². The molecule has 1 rings (SSSR count). The lowest BCUT2D eigenvalue weighted by Crippen LogP contribution is -2.42. The molecular formula is C9H11BF3NO3. The molecular weight excluding hydrogens is 238 g/mol. The topological polar surface area (TPSA) is 73.6 Å². The highest BCUT2D eigenvalue weighted by Gasteiger charge is 2.52. The van der Waals surface area contributed by atoms with Gasteiger partial charge in [0.05, 0.1) is 0 Å². The molecule has 0 amide bonds. The quantitative estimate of drug-likeness (QED) is 0.637. The monoisotopic (exact) mass is 249 g/mol. The lowest BCUT2D eigenvalue weighted by Gasteiger charge is -2.28. The number of nitrogens with zero attached hydrogens (tertiary/aromatic N) is 1. The first kappa shape index (κ1) is 13.9. The van der Waals surface area contributed by atoms with Gasteiger partial charge in [0.25, 0.3) is 0 Å². The first-order valence-corrected chi connectivity index (χ1v) is 4.69. The summed E-state index contributed by atoms with van der Waals surface area (Å²) in [5.41, 5.74) is -3.82. The maximum Gasteiger partial charge on any atom is 0.490 e. The molecule has 0 bridgehead atoms. The van der Waals surface area contributed by atoms with Crippen LogP contribution in [0, 0.1) is 6.92 Å². The van der Waals surface area contributed by atoms with Gasteiger partial charge >= 0.3 is 13.3 Å². The van der Waals surface area contributed by atoms with Gasteiger partial charge in [-0.1, -0.05) is 0 Å². The van der Waals surface area contributed by atoms with Crippen LogP contribution in [0.15, 0.2) is 12.4 Å². The van der Waals surface area contributed by atoms with E-state index in [1.807, 2.05) is 0 Å². The molecule has 0 spiro atoms. The average molecular weight is 249 g/mol. The molecule has 3 N–H and O–H groups in total. The Balaban J connectivity index is 3.38. The Hall–Kier alpha value is -1.12. The Labute approximate surface area is 95.9 Å². The molecule has 0 fully saturated rings. The van der Waals surface area contributed by atoms with Gasteiger partial charge in [-0.05, 0) is 19.4 Å². The molecule has 0 aliphatic heterocycles. The van der Waals surface area contributed by atoms with Crippen molar-refractivity contribution in [2.24, 2.45) is 0 Å². The van der Waals surface area contributed by atoms with Gasteiger partial charge in [-0.3, -0.25) is 4.98 Å². The summed E-state index contributed by atoms with van der Waals surface area (Å²) in [6.07, 6.45) is -2.98. The maximum atomic E-state index is 12.6. The van der Waals surface area contributed by atoms with E-state index < -0.39 is 24.5 Å². The van der Waals surface area contributed by atoms with Gasteiger partial charge in [0.15, 0.2) is 5.60 Å². The standard InChI is InChI=1S/C9H11BF3NO3/c1-5-6(8(2,15)9(11,12)13)3-14-4-7(5)10(16)17/h3-4,15-17H,1-2H3/t8-/m0/s1. The summed E-state index contributed by atoms with van der Waals surface area (Å²) in [6.45, 7) is 1.84. The van der Waals surface area contributed by atoms with Gasteiger partial charge in [-0.25, -0.2) is 0 Å². The van der Waals surface area contributed by atoms with E-state index in [0.29, 0.717) is 6.92 Å². The SMILES string of the molecule is Cc1c(B(O)O)cncc1[C@](C)(O)C(F)(F)F. The third-order valence-corrected chi connectivity index (χ3v) is 2.61. The van der Waals surface area contributed by atoms with Crippen LogP contribution in [0.4, 0.5) is 13.2 Å². The third kappa shape index (κ3) is 2.43. The minimum absolute atomic E-state index is 0.0580. The molecule has 0 unspecified atom stereocenters. The number of aliphatic hydroxyl groups is 1. The second-order valence-electron chi connectivity index (χ2n) is 3.84. The summed E-state index contributed by atoms with van der Waals surface area (Å²) in [7, 11) is -1.94. The largest absolute Gasteiger partial charge is 0.490 e. The van der Waals surface area contributed by atoms with Crippen molar-refractivity contribution in [2.75, 3.05) is 0 Å². The zero-order valence-electron chi connectivity index (χ0n) is 9.15. The number of hydrogen-bond donors (Lipinski definition) is 3. The molecule has 0 aromatic carbocycles. The Morgan fingerprint density at radius 3 is 2.18 bits per heavy atom. The molecule has 1 heterocycles. The van der Waals surface area contributed by atoms with Crippen molar-refractivity contribution in [3.05, 3.63) is 23.5 Å². The second-order valence-corrected chi connectivity index (χ2v) is 3.84. The van der Waals surface area contributed by atoms with Crippen LogP contribution >= 0.6 is 0 Å². The Morgan fingerprint density at radius 2 is 1.76 bits per heavy atom. The van der Waals surface area contributed by atoms with Crippen molar-refractivity contribution in [3.8, 4) is 0 Å². The summed E-state index contributed by atoms with van der Waals surface area (Å²) in [6, 6.07) is 0. The molecule has 1 atom stereocenters. The molecule has 17 heavy (non-hydrogen) atoms. The Morgan fingerprint density at radius 1 is 1.24 bits per heavy atom. The predicted octanol–water partition coefficient (Wildman–Crippen LogP) is -0.160. The van der Waals surface area contributed by atoms with Crippen molar-refractivity contribution in [1.29, 1.82) is 0 Å². The fourth-order valence-electron chi connectivity index (χ4n) is 1.45. The van der Waals surface area contributed by atoms with Crippen LogP contribution in [0.5, 0.6) is 0 Å². The van der Waals surface area contributed by atoms with Crippen LogP contribution in [0.1, 0.15) is 18.1 Å². The lowest BCUT2D eigenvalue weighted by molar-refractivity contribution is -0.259. The van der Waals surface area contributed by atoms with E-state index in [1.165, 1.54) is 6.92 Å². The highest BCUT2D eigenvalue weighted by Crippen LogP contribution is 2.38. The highest BCUT2D eigenvalue weighted by atomic mass is 19.4. The van der Waals surface area contributed by atoms with E-state index in [1.54, 1.807) is 0 Å². The number of hydrogen-bond acceptors (Lipinski definition) is 4. The van der Waals surface area contributed by atoms with Crippen molar-refractivity contribution in [2.45, 2.75) is 25.6 Å². The van der Waals surface area contributed by atoms with Crippen LogP contribution in [-0.2, 0) is 5.60 Å². The minimum atomic E-state index is -4.88. The van der Waals surface area contributed by atoms with Gasteiger partial charge in [0.2, 0.25) is 0 Å². The van der Waals surface area contributed by atoms with Gasteiger partial charge in [-0.2, -0.15) is 13.2 Å². The van der Waals surface area contributed by atoms with E-state index in [2.05, 4.69) is 4.98 Å². The average Bonchev–Trinajstić information content (AvgIpc) is 2.15. The van der Waals surface area contributed by atoms with E-state index in [9.17, 15) is 18.3 Å². The molecule has 8 heteroatoms. The summed E-state index contributed by atoms with van der Waals surface area (Å²) in [5, 5.41) is 27.4. The third-order valence-electron chi connectivity index (χ3n) is 2.61. The normalized spacial score (nSPS) is 15.5. The summed E-state index contributed by atoms with van der Waals surface area (Å²) < 4.78 is 37.9. The molecule has 0 aliphatic carbocycles. The summed E-state index contributed by atoms with van der Waals surface area (Å²) in [4.78, 5) is 3.47. The number of alkyl halides is 3. The molecule has 0 saturated heterocycles. The van der Waals surface area contributed by atoms with Crippen LogP contribution in [-0.4, -0.2) is 33.4 Å². The van der Waals surface area contributed by atoms with Crippen molar-refractivity contribution in [3.63, 3.8) is 0 Å². The van der Waals surface area contributed by atoms with Crippen LogP contribution in [0.2, 0.25) is 0 Å². The molecule has 4 nitrogen and oxygen atoms in total. The molecule has 0 saturated carbocycles. The maximum absolute atomic E-state index is 12.6. The molecule has 94 valence electrons. The first-order chi connectivity index (χ1) is 7.59. The first-order valence-electron chi connectivity index (χ1n) is 4.69. The van der Waals surface area contributed by atoms with Crippen LogP contribution in [0.25, 0.3) is 0 Å². The number of pyridine rings is 1. The van der Waals surface area contributed by atoms with Crippen molar-refractivity contribution in [1.82, 2.24) is 4.98 Å². The van der Waals surface area contributed by atoms with Crippen LogP contribution < -0.4 is 5.46 Å². The molecule has 1 aromatic heterocycles. The highest BCUT2D eigenvalue weighted by molar-refractivity contribution is 6.59. The van der Waals surface area contributed by atoms with Crippen molar-refractivity contribution < 1.29 is 28.3 Å². The second kappa shape index (κ2) is 4.28. The predicted molar refractivity (Wildman–Crippen MR) is 54.4 cm³/mol. The van der Waals surface area contributed by atoms with E-state index in [0.717, 1.165) is 12.4 Å². The number of halogens is 3. The summed E-state index contributed by atoms with van der Waals surface area (Å²) >= 11 is 0. The van der Waals surface area contributed by atoms with Gasteiger partial charge in [0, 0.05) is 23.4 Å². The van der Waals surface area contributed by atoms with Crippen molar-refractivity contribution >= 4 is 12.6 Å². The Kier molecular flexibility index (Phi) is 3.51. The lowest BCUT2D eigenvalue weighted by atomic mass is 9.75. The molecule has 0 aliphatic rings. The number of rotatable bonds is 2. The number of aromatic nitrogens is 1. The van der Waals surface area contributed by atoms with Crippen LogP contribution in [0.3, 0.4) is 0 Å². The summed E-state index contributed by atoms with van der Waals surface area (Å²) in [5.74, 6) is 0. The zero-order chi connectivity index (χ0) is 13.4. The van der Waals surface area contributed by atoms with Gasteiger partial charge in [-0.15, -0.1) is 0 Å².